The summed E-state index contributed by atoms with van der Waals surface area (Å²) in [4.78, 5) is 24.0. The Kier molecular flexibility index (Phi) is 5.57. The van der Waals surface area contributed by atoms with Gasteiger partial charge in [0.15, 0.2) is 11.5 Å². The SMILES string of the molecule is CCN(CCO)c1ccc(Nc2nc(-c3ccc4c(c3)CC(=O)C4(C)C)cn3ccnc23)cc1. The Morgan fingerprint density at radius 1 is 1.18 bits per heavy atom. The number of carbonyl (C=O) groups excluding carboxylic acids is 1. The molecular weight excluding hydrogens is 426 g/mol. The lowest BCUT2D eigenvalue weighted by atomic mass is 9.85. The van der Waals surface area contributed by atoms with Gasteiger partial charge in [-0.2, -0.15) is 0 Å². The molecule has 2 N–H and O–H groups in total. The number of ketones is 1. The Labute approximate surface area is 199 Å². The van der Waals surface area contributed by atoms with Gasteiger partial charge >= 0.3 is 0 Å². The number of fused-ring (bicyclic) bond motifs is 2. The fourth-order valence-electron chi connectivity index (χ4n) is 4.69. The molecule has 0 amide bonds. The van der Waals surface area contributed by atoms with Crippen LogP contribution in [0.5, 0.6) is 0 Å². The Morgan fingerprint density at radius 3 is 2.71 bits per heavy atom. The molecule has 7 heteroatoms. The number of carbonyl (C=O) groups is 1. The second kappa shape index (κ2) is 8.57. The van der Waals surface area contributed by atoms with E-state index in [9.17, 15) is 9.90 Å². The highest BCUT2D eigenvalue weighted by molar-refractivity contribution is 5.96. The summed E-state index contributed by atoms with van der Waals surface area (Å²) in [6, 6.07) is 14.3. The second-order valence-electron chi connectivity index (χ2n) is 9.20. The van der Waals surface area contributed by atoms with Gasteiger partial charge in [0.2, 0.25) is 0 Å². The highest BCUT2D eigenvalue weighted by Gasteiger charge is 2.37. The fraction of sp³-hybridized carbons (Fsp3) is 0.296. The van der Waals surface area contributed by atoms with Gasteiger partial charge in [-0.3, -0.25) is 4.79 Å². The van der Waals surface area contributed by atoms with Crippen LogP contribution in [0.4, 0.5) is 17.2 Å². The lowest BCUT2D eigenvalue weighted by molar-refractivity contribution is -0.121. The minimum Gasteiger partial charge on any atom is -0.395 e. The van der Waals surface area contributed by atoms with E-state index in [1.54, 1.807) is 6.20 Å². The number of nitrogens with one attached hydrogen (secondary N) is 1. The van der Waals surface area contributed by atoms with Crippen LogP contribution in [-0.2, 0) is 16.6 Å². The van der Waals surface area contributed by atoms with Crippen molar-refractivity contribution >= 4 is 28.6 Å². The van der Waals surface area contributed by atoms with Crippen molar-refractivity contribution in [1.29, 1.82) is 0 Å². The molecule has 0 saturated heterocycles. The van der Waals surface area contributed by atoms with E-state index in [4.69, 9.17) is 4.98 Å². The zero-order chi connectivity index (χ0) is 23.9. The number of hydrogen-bond donors (Lipinski definition) is 2. The Balaban J connectivity index is 1.48. The summed E-state index contributed by atoms with van der Waals surface area (Å²) >= 11 is 0. The molecule has 4 aromatic rings. The molecule has 34 heavy (non-hydrogen) atoms. The monoisotopic (exact) mass is 455 g/mol. The molecule has 0 atom stereocenters. The van der Waals surface area contributed by atoms with E-state index in [0.29, 0.717) is 18.8 Å². The lowest BCUT2D eigenvalue weighted by Crippen LogP contribution is -2.25. The average molecular weight is 456 g/mol. The topological polar surface area (TPSA) is 82.8 Å². The molecule has 174 valence electrons. The van der Waals surface area contributed by atoms with Gasteiger partial charge in [-0.15, -0.1) is 0 Å². The predicted octanol–water partition coefficient (Wildman–Crippen LogP) is 4.36. The number of rotatable bonds is 7. The lowest BCUT2D eigenvalue weighted by Gasteiger charge is -2.22. The summed E-state index contributed by atoms with van der Waals surface area (Å²) in [6.07, 6.45) is 6.09. The number of Topliss-reactive ketones (excluding diaryl/α,β-unsaturated/α-hetero) is 1. The largest absolute Gasteiger partial charge is 0.395 e. The predicted molar refractivity (Wildman–Crippen MR) is 135 cm³/mol. The van der Waals surface area contributed by atoms with E-state index in [1.165, 1.54) is 0 Å². The minimum atomic E-state index is -0.432. The molecule has 0 unspecified atom stereocenters. The molecule has 2 heterocycles. The van der Waals surface area contributed by atoms with Crippen LogP contribution in [0.1, 0.15) is 31.9 Å². The molecule has 0 fully saturated rings. The van der Waals surface area contributed by atoms with Crippen molar-refractivity contribution in [2.75, 3.05) is 29.9 Å². The second-order valence-corrected chi connectivity index (χ2v) is 9.20. The molecule has 0 bridgehead atoms. The summed E-state index contributed by atoms with van der Waals surface area (Å²) in [5, 5.41) is 12.7. The molecule has 2 aromatic carbocycles. The molecule has 2 aromatic heterocycles. The molecule has 1 aliphatic carbocycles. The first-order valence-corrected chi connectivity index (χ1v) is 11.6. The summed E-state index contributed by atoms with van der Waals surface area (Å²) in [5.41, 5.74) is 6.23. The van der Waals surface area contributed by atoms with Crippen LogP contribution in [0.25, 0.3) is 16.9 Å². The van der Waals surface area contributed by atoms with Crippen molar-refractivity contribution in [1.82, 2.24) is 14.4 Å². The number of nitrogens with zero attached hydrogens (tertiary/aromatic N) is 4. The summed E-state index contributed by atoms with van der Waals surface area (Å²) in [5.74, 6) is 0.916. The number of anilines is 3. The van der Waals surface area contributed by atoms with E-state index in [1.807, 2.05) is 61.0 Å². The number of aliphatic hydroxyl groups is 1. The number of benzene rings is 2. The van der Waals surface area contributed by atoms with E-state index in [-0.39, 0.29) is 12.4 Å². The fourth-order valence-corrected chi connectivity index (χ4v) is 4.69. The van der Waals surface area contributed by atoms with Crippen LogP contribution in [0.15, 0.2) is 61.1 Å². The zero-order valence-corrected chi connectivity index (χ0v) is 19.7. The van der Waals surface area contributed by atoms with Crippen molar-refractivity contribution in [3.05, 3.63) is 72.2 Å². The smallest absolute Gasteiger partial charge is 0.180 e. The van der Waals surface area contributed by atoms with Crippen LogP contribution < -0.4 is 10.2 Å². The Hall–Kier alpha value is -3.71. The van der Waals surface area contributed by atoms with Gasteiger partial charge in [0.25, 0.3) is 0 Å². The van der Waals surface area contributed by atoms with E-state index < -0.39 is 5.41 Å². The standard InChI is InChI=1S/C27H29N5O2/c1-4-31(13-14-33)21-8-6-20(7-9-21)29-25-26-28-11-12-32(26)17-23(30-25)18-5-10-22-19(15-18)16-24(34)27(22,2)3/h5-12,15,17,33H,4,13-14,16H2,1-3H3,(H,29,30). The Morgan fingerprint density at radius 2 is 1.97 bits per heavy atom. The number of aromatic nitrogens is 3. The number of hydrogen-bond acceptors (Lipinski definition) is 6. The third kappa shape index (κ3) is 3.82. The van der Waals surface area contributed by atoms with Crippen molar-refractivity contribution < 1.29 is 9.90 Å². The van der Waals surface area contributed by atoms with Crippen LogP contribution in [0.2, 0.25) is 0 Å². The first-order chi connectivity index (χ1) is 16.4. The van der Waals surface area contributed by atoms with Gasteiger partial charge in [-0.05, 0) is 62.2 Å². The van der Waals surface area contributed by atoms with Gasteiger partial charge in [0.1, 0.15) is 5.78 Å². The van der Waals surface area contributed by atoms with Crippen LogP contribution in [0, 0.1) is 0 Å². The summed E-state index contributed by atoms with van der Waals surface area (Å²) in [6.45, 7) is 7.61. The van der Waals surface area contributed by atoms with E-state index in [2.05, 4.69) is 34.3 Å². The Bertz CT molecular complexity index is 1360. The maximum Gasteiger partial charge on any atom is 0.180 e. The van der Waals surface area contributed by atoms with Gasteiger partial charge in [-0.1, -0.05) is 12.1 Å². The van der Waals surface area contributed by atoms with Crippen molar-refractivity contribution in [3.63, 3.8) is 0 Å². The van der Waals surface area contributed by atoms with E-state index in [0.717, 1.165) is 46.0 Å². The summed E-state index contributed by atoms with van der Waals surface area (Å²) < 4.78 is 1.96. The van der Waals surface area contributed by atoms with Gasteiger partial charge < -0.3 is 19.7 Å². The van der Waals surface area contributed by atoms with E-state index >= 15 is 0 Å². The maximum atomic E-state index is 12.5. The average Bonchev–Trinajstić information content (AvgIpc) is 3.40. The third-order valence-electron chi connectivity index (χ3n) is 6.74. The molecule has 0 radical (unpaired) electrons. The van der Waals surface area contributed by atoms with Crippen LogP contribution in [0.3, 0.4) is 0 Å². The van der Waals surface area contributed by atoms with Crippen molar-refractivity contribution in [2.24, 2.45) is 0 Å². The highest BCUT2D eigenvalue weighted by atomic mass is 16.3. The maximum absolute atomic E-state index is 12.5. The molecule has 5 rings (SSSR count). The van der Waals surface area contributed by atoms with Crippen LogP contribution in [-0.4, -0.2) is 45.0 Å². The number of imidazole rings is 1. The van der Waals surface area contributed by atoms with Crippen LogP contribution >= 0.6 is 0 Å². The van der Waals surface area contributed by atoms with Gasteiger partial charge in [-0.25, -0.2) is 9.97 Å². The molecule has 0 spiro atoms. The highest BCUT2D eigenvalue weighted by Crippen LogP contribution is 2.37. The molecule has 7 nitrogen and oxygen atoms in total. The zero-order valence-electron chi connectivity index (χ0n) is 19.7. The molecular formula is C27H29N5O2. The molecule has 0 saturated carbocycles. The quantitative estimate of drug-likeness (QED) is 0.431. The summed E-state index contributed by atoms with van der Waals surface area (Å²) in [7, 11) is 0. The minimum absolute atomic E-state index is 0.122. The van der Waals surface area contributed by atoms with Crippen molar-refractivity contribution in [3.8, 4) is 11.3 Å². The van der Waals surface area contributed by atoms with Crippen molar-refractivity contribution in [2.45, 2.75) is 32.6 Å². The third-order valence-corrected chi connectivity index (χ3v) is 6.74. The van der Waals surface area contributed by atoms with Gasteiger partial charge in [0, 0.05) is 60.5 Å². The van der Waals surface area contributed by atoms with Gasteiger partial charge in [0.05, 0.1) is 12.3 Å². The number of aliphatic hydroxyl groups excluding tert-OH is 1. The number of likely N-dealkylation sites (N-methyl/N-ethyl adjacent to an activating group) is 1. The molecule has 1 aliphatic rings. The normalized spacial score (nSPS) is 14.4. The molecule has 0 aliphatic heterocycles. The first-order valence-electron chi connectivity index (χ1n) is 11.6. The first kappa shape index (κ1) is 22.1.